The highest BCUT2D eigenvalue weighted by Gasteiger charge is 2.36. The monoisotopic (exact) mass is 561 g/mol. The van der Waals surface area contributed by atoms with Gasteiger partial charge in [0.25, 0.3) is 0 Å². The van der Waals surface area contributed by atoms with Gasteiger partial charge in [0, 0.05) is 50.8 Å². The van der Waals surface area contributed by atoms with E-state index in [0.717, 1.165) is 40.3 Å². The number of halogens is 4. The van der Waals surface area contributed by atoms with Crippen molar-refractivity contribution >= 4 is 23.1 Å². The van der Waals surface area contributed by atoms with Gasteiger partial charge in [-0.25, -0.2) is 14.2 Å². The third kappa shape index (κ3) is 5.34. The number of hydrogen-bond donors (Lipinski definition) is 1. The normalized spacial score (nSPS) is 19.8. The largest absolute Gasteiger partial charge is 0.389 e. The van der Waals surface area contributed by atoms with Crippen molar-refractivity contribution in [3.63, 3.8) is 0 Å². The average molecular weight is 562 g/mol. The van der Waals surface area contributed by atoms with Crippen molar-refractivity contribution in [3.05, 3.63) is 47.2 Å². The number of anilines is 2. The Balaban J connectivity index is 1.33. The van der Waals surface area contributed by atoms with E-state index in [4.69, 9.17) is 14.5 Å². The molecule has 0 spiro atoms. The molecule has 2 amide bonds. The second kappa shape index (κ2) is 10.5. The number of fused-ring (bicyclic) bond motifs is 3. The molecule has 5 heterocycles. The number of aromatic nitrogens is 2. The zero-order chi connectivity index (χ0) is 28.0. The van der Waals surface area contributed by atoms with E-state index in [1.807, 2.05) is 16.7 Å². The number of aryl methyl sites for hydroxylation is 1. The molecule has 1 atom stereocenters. The average Bonchev–Trinajstić information content (AvgIpc) is 3.54. The number of nitrogens with one attached hydrogen (secondary N) is 1. The number of pyridine rings is 1. The van der Waals surface area contributed by atoms with Gasteiger partial charge in [0.1, 0.15) is 5.82 Å². The van der Waals surface area contributed by atoms with E-state index < -0.39 is 30.4 Å². The molecule has 6 rings (SSSR count). The number of ether oxygens (including phenoxy) is 2. The van der Waals surface area contributed by atoms with E-state index in [2.05, 4.69) is 10.2 Å². The Morgan fingerprint density at radius 2 is 1.93 bits per heavy atom. The highest BCUT2D eigenvalue weighted by Crippen LogP contribution is 2.36. The van der Waals surface area contributed by atoms with Crippen LogP contribution in [-0.4, -0.2) is 72.5 Å². The number of urea groups is 1. The fraction of sp³-hybridized carbons (Fsp3) is 0.500. The number of carbonyl (C=O) groups is 1. The quantitative estimate of drug-likeness (QED) is 0.446. The van der Waals surface area contributed by atoms with Crippen molar-refractivity contribution in [1.82, 2.24) is 14.3 Å². The third-order valence-corrected chi connectivity index (χ3v) is 7.92. The number of imidazole rings is 1. The van der Waals surface area contributed by atoms with Gasteiger partial charge in [0.15, 0.2) is 5.65 Å². The summed E-state index contributed by atoms with van der Waals surface area (Å²) in [6, 6.07) is 4.39. The van der Waals surface area contributed by atoms with Gasteiger partial charge in [0.2, 0.25) is 0 Å². The Labute approximate surface area is 228 Å². The first-order chi connectivity index (χ1) is 19.2. The smallest absolute Gasteiger partial charge is 0.378 e. The number of amides is 2. The lowest BCUT2D eigenvalue weighted by Gasteiger charge is -2.29. The van der Waals surface area contributed by atoms with Crippen LogP contribution in [0, 0.1) is 18.7 Å². The maximum Gasteiger partial charge on any atom is 0.389 e. The molecular formula is C28H31F4N5O3. The first kappa shape index (κ1) is 26.8. The Morgan fingerprint density at radius 3 is 2.70 bits per heavy atom. The van der Waals surface area contributed by atoms with Crippen molar-refractivity contribution in [2.75, 3.05) is 56.2 Å². The van der Waals surface area contributed by atoms with E-state index in [1.54, 1.807) is 13.0 Å². The molecule has 0 saturated carbocycles. The Hall–Kier alpha value is -3.38. The number of carbonyl (C=O) groups excluding carboxylic acids is 1. The van der Waals surface area contributed by atoms with Crippen LogP contribution in [0.1, 0.15) is 29.8 Å². The van der Waals surface area contributed by atoms with Gasteiger partial charge >= 0.3 is 12.2 Å². The van der Waals surface area contributed by atoms with Crippen LogP contribution < -0.4 is 10.2 Å². The van der Waals surface area contributed by atoms with Crippen LogP contribution in [0.25, 0.3) is 16.8 Å². The summed E-state index contributed by atoms with van der Waals surface area (Å²) in [7, 11) is 0. The van der Waals surface area contributed by atoms with Crippen LogP contribution in [0.2, 0.25) is 0 Å². The number of nitrogens with zero attached hydrogens (tertiary/aromatic N) is 4. The Bertz CT molecular complexity index is 1430. The maximum absolute atomic E-state index is 15.1. The van der Waals surface area contributed by atoms with Crippen LogP contribution in [0.4, 0.5) is 33.7 Å². The van der Waals surface area contributed by atoms with Crippen LogP contribution in [0.3, 0.4) is 0 Å². The van der Waals surface area contributed by atoms with Gasteiger partial charge in [-0.1, -0.05) is 0 Å². The summed E-state index contributed by atoms with van der Waals surface area (Å²) in [4.78, 5) is 21.4. The number of alkyl halides is 3. The van der Waals surface area contributed by atoms with Gasteiger partial charge in [-0.2, -0.15) is 13.2 Å². The predicted molar refractivity (Wildman–Crippen MR) is 141 cm³/mol. The summed E-state index contributed by atoms with van der Waals surface area (Å²) in [6.45, 7) is 5.67. The summed E-state index contributed by atoms with van der Waals surface area (Å²) in [5.41, 5.74) is 5.95. The van der Waals surface area contributed by atoms with Crippen LogP contribution >= 0.6 is 0 Å². The van der Waals surface area contributed by atoms with Gasteiger partial charge in [-0.15, -0.1) is 0 Å². The van der Waals surface area contributed by atoms with Crippen LogP contribution in [-0.2, 0) is 22.5 Å². The molecule has 0 bridgehead atoms. The molecule has 0 radical (unpaired) electrons. The Morgan fingerprint density at radius 1 is 1.12 bits per heavy atom. The van der Waals surface area contributed by atoms with E-state index in [1.165, 1.54) is 11.0 Å². The number of benzene rings is 1. The molecule has 214 valence electrons. The first-order valence-corrected chi connectivity index (χ1v) is 13.5. The topological polar surface area (TPSA) is 71.3 Å². The second-order valence-electron chi connectivity index (χ2n) is 10.7. The molecule has 3 aliphatic heterocycles. The first-order valence-electron chi connectivity index (χ1n) is 13.5. The van der Waals surface area contributed by atoms with Gasteiger partial charge < -0.3 is 24.6 Å². The highest BCUT2D eigenvalue weighted by atomic mass is 19.4. The van der Waals surface area contributed by atoms with Crippen LogP contribution in [0.15, 0.2) is 24.4 Å². The molecule has 40 heavy (non-hydrogen) atoms. The van der Waals surface area contributed by atoms with Crippen molar-refractivity contribution in [2.24, 2.45) is 5.92 Å². The SMILES string of the molecule is Cc1cc(F)c(NC(=O)N2CC[C@@H](CC(F)(F)F)C2)cc1-c1cc(N2CCOCC2)c2nc3c(n2c1)COCC3. The number of morpholine rings is 1. The molecular weight excluding hydrogens is 530 g/mol. The fourth-order valence-corrected chi connectivity index (χ4v) is 5.88. The lowest BCUT2D eigenvalue weighted by molar-refractivity contribution is -0.143. The summed E-state index contributed by atoms with van der Waals surface area (Å²) in [6.07, 6.45) is -2.26. The Kier molecular flexibility index (Phi) is 7.07. The summed E-state index contributed by atoms with van der Waals surface area (Å²) in [5.74, 6) is -1.26. The molecule has 2 aromatic heterocycles. The molecule has 0 aliphatic carbocycles. The second-order valence-corrected chi connectivity index (χ2v) is 10.7. The molecule has 12 heteroatoms. The van der Waals surface area contributed by atoms with Gasteiger partial charge in [0.05, 0.1) is 49.2 Å². The number of likely N-dealkylation sites (tertiary alicyclic amines) is 1. The molecule has 1 aromatic carbocycles. The summed E-state index contributed by atoms with van der Waals surface area (Å²) in [5, 5.41) is 2.60. The minimum absolute atomic E-state index is 0.0148. The third-order valence-electron chi connectivity index (χ3n) is 7.92. The minimum atomic E-state index is -4.28. The summed E-state index contributed by atoms with van der Waals surface area (Å²) < 4.78 is 66.8. The van der Waals surface area contributed by atoms with Crippen LogP contribution in [0.5, 0.6) is 0 Å². The minimum Gasteiger partial charge on any atom is -0.378 e. The van der Waals surface area contributed by atoms with Gasteiger partial charge in [-0.3, -0.25) is 4.40 Å². The predicted octanol–water partition coefficient (Wildman–Crippen LogP) is 5.16. The molecule has 0 unspecified atom stereocenters. The molecule has 8 nitrogen and oxygen atoms in total. The zero-order valence-electron chi connectivity index (χ0n) is 22.2. The number of hydrogen-bond acceptors (Lipinski definition) is 5. The lowest BCUT2D eigenvalue weighted by atomic mass is 10.00. The zero-order valence-corrected chi connectivity index (χ0v) is 22.2. The van der Waals surface area contributed by atoms with E-state index >= 15 is 4.39 Å². The fourth-order valence-electron chi connectivity index (χ4n) is 5.88. The molecule has 3 aromatic rings. The van der Waals surface area contributed by atoms with Crippen molar-refractivity contribution in [1.29, 1.82) is 0 Å². The lowest BCUT2D eigenvalue weighted by Crippen LogP contribution is -2.36. The van der Waals surface area contributed by atoms with E-state index in [0.29, 0.717) is 45.1 Å². The molecule has 3 aliphatic rings. The van der Waals surface area contributed by atoms with Crippen molar-refractivity contribution in [3.8, 4) is 11.1 Å². The molecule has 2 saturated heterocycles. The van der Waals surface area contributed by atoms with Gasteiger partial charge in [-0.05, 0) is 48.6 Å². The highest BCUT2D eigenvalue weighted by molar-refractivity contribution is 5.91. The van der Waals surface area contributed by atoms with Crippen molar-refractivity contribution < 1.29 is 31.8 Å². The summed E-state index contributed by atoms with van der Waals surface area (Å²) >= 11 is 0. The number of rotatable bonds is 4. The van der Waals surface area contributed by atoms with Crippen molar-refractivity contribution in [2.45, 2.75) is 39.0 Å². The van der Waals surface area contributed by atoms with E-state index in [-0.39, 0.29) is 25.2 Å². The maximum atomic E-state index is 15.1. The standard InChI is InChI=1S/C28H31F4N5O3/c1-17-10-21(29)23(34-27(38)36-4-2-18(14-36)13-28(30,31)32)12-20(17)19-11-24(35-5-8-39-9-6-35)26-33-22-3-7-40-16-25(22)37(26)15-19/h10-12,15,18H,2-9,13-14,16H2,1H3,(H,34,38)/t18-/m0/s1. The molecule has 2 fully saturated rings. The molecule has 1 N–H and O–H groups in total. The van der Waals surface area contributed by atoms with E-state index in [9.17, 15) is 18.0 Å².